The van der Waals surface area contributed by atoms with Crippen LogP contribution in [-0.4, -0.2) is 67.3 Å². The van der Waals surface area contributed by atoms with Crippen LogP contribution in [0.2, 0.25) is 0 Å². The van der Waals surface area contributed by atoms with Crippen LogP contribution in [0.5, 0.6) is 0 Å². The lowest BCUT2D eigenvalue weighted by Crippen LogP contribution is -2.54. The average molecular weight is 236 g/mol. The van der Waals surface area contributed by atoms with Gasteiger partial charge >= 0.3 is 0 Å². The number of likely N-dealkylation sites (N-methyl/N-ethyl adjacent to an activating group) is 1. The van der Waals surface area contributed by atoms with Crippen molar-refractivity contribution in [2.24, 2.45) is 0 Å². The van der Waals surface area contributed by atoms with E-state index >= 15 is 0 Å². The quantitative estimate of drug-likeness (QED) is 0.706. The minimum Gasteiger partial charge on any atom is -0.395 e. The van der Waals surface area contributed by atoms with Crippen molar-refractivity contribution in [3.63, 3.8) is 0 Å². The molecule has 0 aromatic rings. The van der Waals surface area contributed by atoms with Crippen molar-refractivity contribution in [1.82, 2.24) is 9.21 Å². The fraction of sp³-hybridized carbons (Fsp3) is 1.00. The molecule has 0 spiro atoms. The van der Waals surface area contributed by atoms with Gasteiger partial charge < -0.3 is 10.0 Å². The summed E-state index contributed by atoms with van der Waals surface area (Å²) in [6.45, 7) is 5.14. The molecule has 90 valence electrons. The molecule has 15 heavy (non-hydrogen) atoms. The lowest BCUT2D eigenvalue weighted by molar-refractivity contribution is 0.167. The molecular formula is C9H20N2O3S. The molecule has 2 unspecified atom stereocenters. The molecule has 0 amide bonds. The molecule has 1 aliphatic heterocycles. The Morgan fingerprint density at radius 3 is 2.53 bits per heavy atom. The van der Waals surface area contributed by atoms with Gasteiger partial charge in [0.05, 0.1) is 11.9 Å². The predicted octanol–water partition coefficient (Wildman–Crippen LogP) is -0.667. The first kappa shape index (κ1) is 12.9. The maximum atomic E-state index is 12.0. The normalized spacial score (nSPS) is 27.9. The fourth-order valence-corrected chi connectivity index (χ4v) is 3.38. The predicted molar refractivity (Wildman–Crippen MR) is 59.1 cm³/mol. The lowest BCUT2D eigenvalue weighted by atomic mass is 10.2. The van der Waals surface area contributed by atoms with Crippen molar-refractivity contribution >= 4 is 10.0 Å². The Hall–Kier alpha value is -0.170. The number of aliphatic hydroxyl groups excluding tert-OH is 1. The number of aliphatic hydroxyl groups is 1. The van der Waals surface area contributed by atoms with Crippen LogP contribution in [0.3, 0.4) is 0 Å². The van der Waals surface area contributed by atoms with Gasteiger partial charge in [0.25, 0.3) is 0 Å². The van der Waals surface area contributed by atoms with E-state index in [4.69, 9.17) is 5.11 Å². The molecule has 1 heterocycles. The van der Waals surface area contributed by atoms with Gasteiger partial charge in [-0.15, -0.1) is 0 Å². The fourth-order valence-electron chi connectivity index (χ4n) is 1.83. The summed E-state index contributed by atoms with van der Waals surface area (Å²) in [5.74, 6) is 0. The molecule has 1 rings (SSSR count). The number of nitrogens with zero attached hydrogens (tertiary/aromatic N) is 2. The third kappa shape index (κ3) is 2.69. The van der Waals surface area contributed by atoms with Gasteiger partial charge in [0.15, 0.2) is 0 Å². The molecule has 1 fully saturated rings. The number of piperazine rings is 1. The summed E-state index contributed by atoms with van der Waals surface area (Å²) in [6.07, 6.45) is 0. The van der Waals surface area contributed by atoms with E-state index in [1.807, 2.05) is 14.0 Å². The van der Waals surface area contributed by atoms with Crippen LogP contribution in [-0.2, 0) is 10.0 Å². The third-order valence-corrected chi connectivity index (χ3v) is 5.22. The highest BCUT2D eigenvalue weighted by Gasteiger charge is 2.34. The van der Waals surface area contributed by atoms with Crippen LogP contribution in [0.1, 0.15) is 13.8 Å². The van der Waals surface area contributed by atoms with Crippen LogP contribution in [0, 0.1) is 0 Å². The summed E-state index contributed by atoms with van der Waals surface area (Å²) in [5.41, 5.74) is 0. The van der Waals surface area contributed by atoms with E-state index in [9.17, 15) is 8.42 Å². The average Bonchev–Trinajstić information content (AvgIpc) is 2.15. The number of hydrogen-bond acceptors (Lipinski definition) is 4. The molecule has 6 heteroatoms. The molecule has 1 saturated heterocycles. The van der Waals surface area contributed by atoms with Crippen molar-refractivity contribution < 1.29 is 13.5 Å². The molecule has 0 aliphatic carbocycles. The van der Waals surface area contributed by atoms with Crippen LogP contribution >= 0.6 is 0 Å². The molecule has 5 nitrogen and oxygen atoms in total. The number of rotatable bonds is 3. The zero-order valence-corrected chi connectivity index (χ0v) is 10.4. The van der Waals surface area contributed by atoms with Crippen molar-refractivity contribution in [3.05, 3.63) is 0 Å². The van der Waals surface area contributed by atoms with E-state index in [1.165, 1.54) is 4.31 Å². The number of sulfonamides is 1. The smallest absolute Gasteiger partial charge is 0.219 e. The van der Waals surface area contributed by atoms with Crippen molar-refractivity contribution in [2.45, 2.75) is 25.1 Å². The summed E-state index contributed by atoms with van der Waals surface area (Å²) < 4.78 is 25.5. The molecule has 2 atom stereocenters. The molecule has 0 saturated carbocycles. The van der Waals surface area contributed by atoms with Gasteiger partial charge in [-0.05, 0) is 20.9 Å². The van der Waals surface area contributed by atoms with Gasteiger partial charge in [-0.25, -0.2) is 8.42 Å². The summed E-state index contributed by atoms with van der Waals surface area (Å²) in [7, 11) is -1.35. The first-order valence-electron chi connectivity index (χ1n) is 5.19. The SMILES string of the molecule is CC1CN(C)CCN1S(=O)(=O)C(C)CO. The first-order chi connectivity index (χ1) is 6.89. The van der Waals surface area contributed by atoms with E-state index in [0.29, 0.717) is 6.54 Å². The van der Waals surface area contributed by atoms with E-state index in [1.54, 1.807) is 6.92 Å². The topological polar surface area (TPSA) is 60.9 Å². The van der Waals surface area contributed by atoms with Gasteiger partial charge in [-0.2, -0.15) is 4.31 Å². The van der Waals surface area contributed by atoms with E-state index in [-0.39, 0.29) is 12.6 Å². The zero-order chi connectivity index (χ0) is 11.6. The van der Waals surface area contributed by atoms with Gasteiger partial charge in [0.2, 0.25) is 10.0 Å². The van der Waals surface area contributed by atoms with E-state index in [2.05, 4.69) is 4.90 Å². The molecule has 0 radical (unpaired) electrons. The largest absolute Gasteiger partial charge is 0.395 e. The molecular weight excluding hydrogens is 216 g/mol. The monoisotopic (exact) mass is 236 g/mol. The van der Waals surface area contributed by atoms with E-state index < -0.39 is 15.3 Å². The van der Waals surface area contributed by atoms with Crippen LogP contribution in [0.15, 0.2) is 0 Å². The van der Waals surface area contributed by atoms with Crippen LogP contribution < -0.4 is 0 Å². The molecule has 0 aromatic carbocycles. The second kappa shape index (κ2) is 4.78. The van der Waals surface area contributed by atoms with Crippen LogP contribution in [0.4, 0.5) is 0 Å². The maximum absolute atomic E-state index is 12.0. The highest BCUT2D eigenvalue weighted by Crippen LogP contribution is 2.16. The van der Waals surface area contributed by atoms with Gasteiger partial charge in [-0.1, -0.05) is 0 Å². The third-order valence-electron chi connectivity index (χ3n) is 2.86. The molecule has 1 aliphatic rings. The summed E-state index contributed by atoms with van der Waals surface area (Å²) >= 11 is 0. The van der Waals surface area contributed by atoms with Crippen molar-refractivity contribution in [3.8, 4) is 0 Å². The Morgan fingerprint density at radius 2 is 2.07 bits per heavy atom. The summed E-state index contributed by atoms with van der Waals surface area (Å²) in [6, 6.07) is -0.0113. The molecule has 0 bridgehead atoms. The Morgan fingerprint density at radius 1 is 1.47 bits per heavy atom. The standard InChI is InChI=1S/C9H20N2O3S/c1-8-6-10(3)4-5-11(8)15(13,14)9(2)7-12/h8-9,12H,4-7H2,1-3H3. The Bertz CT molecular complexity index is 304. The lowest BCUT2D eigenvalue weighted by Gasteiger charge is -2.38. The highest BCUT2D eigenvalue weighted by molar-refractivity contribution is 7.89. The first-order valence-corrected chi connectivity index (χ1v) is 6.70. The Labute approximate surface area is 91.7 Å². The van der Waals surface area contributed by atoms with E-state index in [0.717, 1.165) is 13.1 Å². The highest BCUT2D eigenvalue weighted by atomic mass is 32.2. The van der Waals surface area contributed by atoms with Gasteiger partial charge in [0, 0.05) is 25.7 Å². The van der Waals surface area contributed by atoms with Crippen LogP contribution in [0.25, 0.3) is 0 Å². The zero-order valence-electron chi connectivity index (χ0n) is 9.55. The Kier molecular flexibility index (Phi) is 4.11. The second-order valence-electron chi connectivity index (χ2n) is 4.26. The summed E-state index contributed by atoms with van der Waals surface area (Å²) in [4.78, 5) is 2.11. The van der Waals surface area contributed by atoms with Gasteiger partial charge in [0.1, 0.15) is 0 Å². The van der Waals surface area contributed by atoms with Crippen molar-refractivity contribution in [1.29, 1.82) is 0 Å². The minimum atomic E-state index is -3.33. The Balaban J connectivity index is 2.79. The molecule has 0 aromatic heterocycles. The maximum Gasteiger partial charge on any atom is 0.219 e. The second-order valence-corrected chi connectivity index (χ2v) is 6.56. The number of hydrogen-bond donors (Lipinski definition) is 1. The van der Waals surface area contributed by atoms with Crippen molar-refractivity contribution in [2.75, 3.05) is 33.3 Å². The minimum absolute atomic E-state index is 0.0113. The summed E-state index contributed by atoms with van der Waals surface area (Å²) in [5, 5.41) is 8.22. The van der Waals surface area contributed by atoms with Gasteiger partial charge in [-0.3, -0.25) is 0 Å². The molecule has 1 N–H and O–H groups in total.